The maximum atomic E-state index is 11.2. The van der Waals surface area contributed by atoms with Gasteiger partial charge in [-0.05, 0) is 30.4 Å². The molecule has 1 fully saturated rings. The van der Waals surface area contributed by atoms with E-state index < -0.39 is 5.60 Å². The summed E-state index contributed by atoms with van der Waals surface area (Å²) >= 11 is 0. The Labute approximate surface area is 107 Å². The molecule has 2 heteroatoms. The number of hydrogen-bond acceptors (Lipinski definition) is 2. The molecule has 2 aromatic rings. The summed E-state index contributed by atoms with van der Waals surface area (Å²) in [6, 6.07) is 13.8. The highest BCUT2D eigenvalue weighted by Gasteiger charge is 2.43. The number of aromatic nitrogens is 1. The summed E-state index contributed by atoms with van der Waals surface area (Å²) < 4.78 is 0. The zero-order valence-electron chi connectivity index (χ0n) is 10.3. The van der Waals surface area contributed by atoms with Crippen molar-refractivity contribution in [2.45, 2.75) is 24.9 Å². The quantitative estimate of drug-likeness (QED) is 0.892. The van der Waals surface area contributed by atoms with Crippen LogP contribution < -0.4 is 0 Å². The number of pyridine rings is 1. The molecular formula is C16H17NO. The molecule has 1 unspecified atom stereocenters. The van der Waals surface area contributed by atoms with Crippen molar-refractivity contribution in [1.29, 1.82) is 0 Å². The summed E-state index contributed by atoms with van der Waals surface area (Å²) in [4.78, 5) is 4.16. The van der Waals surface area contributed by atoms with Gasteiger partial charge in [-0.15, -0.1) is 0 Å². The van der Waals surface area contributed by atoms with Crippen molar-refractivity contribution in [3.05, 3.63) is 66.0 Å². The van der Waals surface area contributed by atoms with Crippen LogP contribution in [0.5, 0.6) is 0 Å². The SMILES string of the molecule is OC(c1ccccc1)(c1cccnc1)C1CCC1. The second kappa shape index (κ2) is 4.54. The molecule has 0 spiro atoms. The minimum absolute atomic E-state index is 0.309. The number of benzene rings is 1. The van der Waals surface area contributed by atoms with Crippen molar-refractivity contribution >= 4 is 0 Å². The Bertz CT molecular complexity index is 466. The van der Waals surface area contributed by atoms with Crippen molar-refractivity contribution in [3.8, 4) is 0 Å². The Morgan fingerprint density at radius 2 is 1.72 bits per heavy atom. The van der Waals surface area contributed by atoms with Gasteiger partial charge in [-0.1, -0.05) is 42.8 Å². The van der Waals surface area contributed by atoms with Crippen LogP contribution in [0, 0.1) is 5.92 Å². The molecule has 0 bridgehead atoms. The van der Waals surface area contributed by atoms with Crippen LogP contribution in [0.1, 0.15) is 30.4 Å². The maximum Gasteiger partial charge on any atom is 0.119 e. The molecule has 0 radical (unpaired) electrons. The van der Waals surface area contributed by atoms with Crippen molar-refractivity contribution in [2.75, 3.05) is 0 Å². The summed E-state index contributed by atoms with van der Waals surface area (Å²) in [7, 11) is 0. The number of nitrogens with zero attached hydrogens (tertiary/aromatic N) is 1. The van der Waals surface area contributed by atoms with E-state index in [0.717, 1.165) is 24.0 Å². The Morgan fingerprint density at radius 1 is 1.00 bits per heavy atom. The largest absolute Gasteiger partial charge is 0.380 e. The fourth-order valence-electron chi connectivity index (χ4n) is 2.74. The van der Waals surface area contributed by atoms with Gasteiger partial charge in [0.2, 0.25) is 0 Å². The zero-order valence-corrected chi connectivity index (χ0v) is 10.3. The van der Waals surface area contributed by atoms with Gasteiger partial charge < -0.3 is 5.11 Å². The van der Waals surface area contributed by atoms with Gasteiger partial charge in [0.1, 0.15) is 5.60 Å². The lowest BCUT2D eigenvalue weighted by Gasteiger charge is -2.42. The molecular weight excluding hydrogens is 222 g/mol. The average molecular weight is 239 g/mol. The first-order valence-corrected chi connectivity index (χ1v) is 6.50. The lowest BCUT2D eigenvalue weighted by molar-refractivity contribution is -0.0202. The van der Waals surface area contributed by atoms with Gasteiger partial charge in [0.25, 0.3) is 0 Å². The first-order chi connectivity index (χ1) is 8.82. The third-order valence-electron chi connectivity index (χ3n) is 4.01. The highest BCUT2D eigenvalue weighted by molar-refractivity contribution is 5.36. The fourth-order valence-corrected chi connectivity index (χ4v) is 2.74. The van der Waals surface area contributed by atoms with Gasteiger partial charge in [-0.2, -0.15) is 0 Å². The number of hydrogen-bond donors (Lipinski definition) is 1. The van der Waals surface area contributed by atoms with Crippen LogP contribution >= 0.6 is 0 Å². The van der Waals surface area contributed by atoms with Crippen LogP contribution in [0.15, 0.2) is 54.9 Å². The van der Waals surface area contributed by atoms with E-state index in [1.807, 2.05) is 42.5 Å². The number of aliphatic hydroxyl groups is 1. The van der Waals surface area contributed by atoms with Crippen LogP contribution in [0.3, 0.4) is 0 Å². The van der Waals surface area contributed by atoms with Crippen LogP contribution in [0.25, 0.3) is 0 Å². The van der Waals surface area contributed by atoms with Gasteiger partial charge in [0.05, 0.1) is 0 Å². The van der Waals surface area contributed by atoms with Crippen LogP contribution in [0.4, 0.5) is 0 Å². The standard InChI is InChI=1S/C16H17NO/c18-16(14-8-4-9-14,13-6-2-1-3-7-13)15-10-5-11-17-12-15/h1-3,5-7,10-12,14,18H,4,8-9H2. The zero-order chi connectivity index (χ0) is 12.4. The molecule has 18 heavy (non-hydrogen) atoms. The first-order valence-electron chi connectivity index (χ1n) is 6.50. The smallest absolute Gasteiger partial charge is 0.119 e. The third-order valence-corrected chi connectivity index (χ3v) is 4.01. The molecule has 92 valence electrons. The molecule has 1 N–H and O–H groups in total. The predicted octanol–water partition coefficient (Wildman–Crippen LogP) is 3.12. The predicted molar refractivity (Wildman–Crippen MR) is 71.0 cm³/mol. The molecule has 1 aromatic heterocycles. The Hall–Kier alpha value is -1.67. The summed E-state index contributed by atoms with van der Waals surface area (Å²) in [6.07, 6.45) is 6.90. The van der Waals surface area contributed by atoms with E-state index in [9.17, 15) is 5.11 Å². The molecule has 1 atom stereocenters. The van der Waals surface area contributed by atoms with Crippen LogP contribution in [-0.2, 0) is 5.60 Å². The van der Waals surface area contributed by atoms with Gasteiger partial charge in [-0.3, -0.25) is 4.98 Å². The lowest BCUT2D eigenvalue weighted by atomic mass is 9.67. The van der Waals surface area contributed by atoms with E-state index in [1.54, 1.807) is 12.4 Å². The van der Waals surface area contributed by atoms with E-state index in [-0.39, 0.29) is 0 Å². The van der Waals surface area contributed by atoms with E-state index >= 15 is 0 Å². The molecule has 3 rings (SSSR count). The van der Waals surface area contributed by atoms with Crippen molar-refractivity contribution in [1.82, 2.24) is 4.98 Å². The average Bonchev–Trinajstić information content (AvgIpc) is 2.38. The van der Waals surface area contributed by atoms with Crippen LogP contribution in [0.2, 0.25) is 0 Å². The van der Waals surface area contributed by atoms with Gasteiger partial charge in [0.15, 0.2) is 0 Å². The maximum absolute atomic E-state index is 11.2. The normalized spacial score (nSPS) is 18.9. The molecule has 1 aliphatic carbocycles. The summed E-state index contributed by atoms with van der Waals surface area (Å²) in [5.41, 5.74) is 0.997. The summed E-state index contributed by atoms with van der Waals surface area (Å²) in [5.74, 6) is 0.309. The molecule has 0 amide bonds. The second-order valence-electron chi connectivity index (χ2n) is 5.00. The Balaban J connectivity index is 2.10. The second-order valence-corrected chi connectivity index (χ2v) is 5.00. The van der Waals surface area contributed by atoms with Crippen molar-refractivity contribution in [2.24, 2.45) is 5.92 Å². The summed E-state index contributed by atoms with van der Waals surface area (Å²) in [6.45, 7) is 0. The molecule has 0 aliphatic heterocycles. The Kier molecular flexibility index (Phi) is 2.88. The van der Waals surface area contributed by atoms with Crippen LogP contribution in [-0.4, -0.2) is 10.1 Å². The monoisotopic (exact) mass is 239 g/mol. The molecule has 1 aromatic carbocycles. The summed E-state index contributed by atoms with van der Waals surface area (Å²) in [5, 5.41) is 11.2. The highest BCUT2D eigenvalue weighted by Crippen LogP contribution is 2.46. The minimum Gasteiger partial charge on any atom is -0.380 e. The Morgan fingerprint density at radius 3 is 2.28 bits per heavy atom. The highest BCUT2D eigenvalue weighted by atomic mass is 16.3. The minimum atomic E-state index is -0.881. The first kappa shape index (κ1) is 11.4. The van der Waals surface area contributed by atoms with Gasteiger partial charge >= 0.3 is 0 Å². The molecule has 1 heterocycles. The molecule has 2 nitrogen and oxygen atoms in total. The fraction of sp³-hybridized carbons (Fsp3) is 0.312. The van der Waals surface area contributed by atoms with E-state index in [0.29, 0.717) is 5.92 Å². The molecule has 1 aliphatic rings. The van der Waals surface area contributed by atoms with Crippen molar-refractivity contribution in [3.63, 3.8) is 0 Å². The molecule has 0 saturated heterocycles. The number of rotatable bonds is 3. The van der Waals surface area contributed by atoms with Crippen molar-refractivity contribution < 1.29 is 5.11 Å². The van der Waals surface area contributed by atoms with E-state index in [1.165, 1.54) is 6.42 Å². The van der Waals surface area contributed by atoms with Gasteiger partial charge in [-0.25, -0.2) is 0 Å². The van der Waals surface area contributed by atoms with E-state index in [2.05, 4.69) is 4.98 Å². The van der Waals surface area contributed by atoms with Gasteiger partial charge in [0, 0.05) is 18.0 Å². The third kappa shape index (κ3) is 1.73. The molecule has 1 saturated carbocycles. The lowest BCUT2D eigenvalue weighted by Crippen LogP contribution is -2.40. The van der Waals surface area contributed by atoms with E-state index in [4.69, 9.17) is 0 Å². The topological polar surface area (TPSA) is 33.1 Å².